The highest BCUT2D eigenvalue weighted by Crippen LogP contribution is 2.29. The van der Waals surface area contributed by atoms with Gasteiger partial charge in [0, 0.05) is 18.4 Å². The lowest BCUT2D eigenvalue weighted by Crippen LogP contribution is -2.37. The van der Waals surface area contributed by atoms with Crippen LogP contribution in [0.1, 0.15) is 25.3 Å². The highest BCUT2D eigenvalue weighted by Gasteiger charge is 2.17. The number of amides is 2. The lowest BCUT2D eigenvalue weighted by atomic mass is 10.2. The number of hydrogen-bond donors (Lipinski definition) is 1. The monoisotopic (exact) mass is 244 g/mol. The molecule has 2 rings (SSSR count). The number of anilines is 1. The van der Waals surface area contributed by atoms with Crippen LogP contribution in [0.25, 0.3) is 0 Å². The minimum absolute atomic E-state index is 0.0694. The fourth-order valence-electron chi connectivity index (χ4n) is 1.86. The average Bonchev–Trinajstić information content (AvgIpc) is 3.14. The number of nitrogens with zero attached hydrogens (tertiary/aromatic N) is 1. The van der Waals surface area contributed by atoms with Gasteiger partial charge in [-0.25, -0.2) is 4.79 Å². The SMILES string of the molecule is CCN(C(=O)N/C=C/C1CC1)c1cccc(C)c1. The zero-order valence-corrected chi connectivity index (χ0v) is 11.0. The summed E-state index contributed by atoms with van der Waals surface area (Å²) in [5, 5.41) is 2.83. The van der Waals surface area contributed by atoms with Crippen LogP contribution in [0.5, 0.6) is 0 Å². The topological polar surface area (TPSA) is 32.3 Å². The van der Waals surface area contributed by atoms with Crippen LogP contribution < -0.4 is 10.2 Å². The van der Waals surface area contributed by atoms with Crippen molar-refractivity contribution < 1.29 is 4.79 Å². The van der Waals surface area contributed by atoms with Crippen molar-refractivity contribution in [3.63, 3.8) is 0 Å². The third-order valence-corrected chi connectivity index (χ3v) is 3.07. The Morgan fingerprint density at radius 3 is 2.89 bits per heavy atom. The Morgan fingerprint density at radius 2 is 2.28 bits per heavy atom. The first-order chi connectivity index (χ1) is 8.70. The van der Waals surface area contributed by atoms with Crippen LogP contribution in [0.2, 0.25) is 0 Å². The summed E-state index contributed by atoms with van der Waals surface area (Å²) < 4.78 is 0. The first kappa shape index (κ1) is 12.7. The van der Waals surface area contributed by atoms with E-state index >= 15 is 0 Å². The Morgan fingerprint density at radius 1 is 1.50 bits per heavy atom. The molecule has 1 fully saturated rings. The van der Waals surface area contributed by atoms with Crippen LogP contribution in [0.4, 0.5) is 10.5 Å². The van der Waals surface area contributed by atoms with Gasteiger partial charge in [-0.15, -0.1) is 0 Å². The number of urea groups is 1. The Hall–Kier alpha value is -1.77. The highest BCUT2D eigenvalue weighted by molar-refractivity contribution is 5.92. The predicted molar refractivity (Wildman–Crippen MR) is 74.6 cm³/mol. The van der Waals surface area contributed by atoms with E-state index in [1.54, 1.807) is 11.1 Å². The maximum Gasteiger partial charge on any atom is 0.325 e. The molecule has 0 aliphatic heterocycles. The van der Waals surface area contributed by atoms with Crippen molar-refractivity contribution in [2.45, 2.75) is 26.7 Å². The second-order valence-electron chi connectivity index (χ2n) is 4.73. The van der Waals surface area contributed by atoms with E-state index in [4.69, 9.17) is 0 Å². The molecule has 1 aromatic rings. The first-order valence-electron chi connectivity index (χ1n) is 6.52. The van der Waals surface area contributed by atoms with Crippen molar-refractivity contribution in [3.05, 3.63) is 42.1 Å². The van der Waals surface area contributed by atoms with Gasteiger partial charge in [0.25, 0.3) is 0 Å². The van der Waals surface area contributed by atoms with Crippen LogP contribution in [-0.4, -0.2) is 12.6 Å². The molecule has 1 aliphatic rings. The second-order valence-corrected chi connectivity index (χ2v) is 4.73. The predicted octanol–water partition coefficient (Wildman–Crippen LogP) is 3.45. The highest BCUT2D eigenvalue weighted by atomic mass is 16.2. The molecular formula is C15H20N2O. The Bertz CT molecular complexity index is 450. The minimum Gasteiger partial charge on any atom is -0.315 e. The number of rotatable bonds is 4. The van der Waals surface area contributed by atoms with E-state index in [9.17, 15) is 4.79 Å². The fourth-order valence-corrected chi connectivity index (χ4v) is 1.86. The van der Waals surface area contributed by atoms with Crippen molar-refractivity contribution in [3.8, 4) is 0 Å². The standard InChI is InChI=1S/C15H20N2O/c1-3-17(14-6-4-5-12(2)11-14)15(18)16-10-9-13-7-8-13/h4-6,9-11,13H,3,7-8H2,1-2H3,(H,16,18)/b10-9+. The molecule has 0 unspecified atom stereocenters. The number of aryl methyl sites for hydroxylation is 1. The first-order valence-corrected chi connectivity index (χ1v) is 6.52. The second kappa shape index (κ2) is 5.71. The van der Waals surface area contributed by atoms with Crippen LogP contribution >= 0.6 is 0 Å². The number of nitrogens with one attached hydrogen (secondary N) is 1. The van der Waals surface area contributed by atoms with Gasteiger partial charge >= 0.3 is 6.03 Å². The minimum atomic E-state index is -0.0694. The lowest BCUT2D eigenvalue weighted by molar-refractivity contribution is 0.249. The van der Waals surface area contributed by atoms with Gasteiger partial charge in [-0.1, -0.05) is 18.2 Å². The molecule has 0 radical (unpaired) electrons. The summed E-state index contributed by atoms with van der Waals surface area (Å²) in [4.78, 5) is 13.8. The van der Waals surface area contributed by atoms with Crippen molar-refractivity contribution >= 4 is 11.7 Å². The largest absolute Gasteiger partial charge is 0.325 e. The molecule has 3 nitrogen and oxygen atoms in total. The fraction of sp³-hybridized carbons (Fsp3) is 0.400. The van der Waals surface area contributed by atoms with Gasteiger partial charge < -0.3 is 5.32 Å². The molecule has 0 atom stereocenters. The van der Waals surface area contributed by atoms with Crippen LogP contribution in [0.15, 0.2) is 36.5 Å². The molecule has 2 amide bonds. The van der Waals surface area contributed by atoms with Gasteiger partial charge in [-0.05, 0) is 50.3 Å². The van der Waals surface area contributed by atoms with E-state index in [1.807, 2.05) is 38.1 Å². The molecule has 3 heteroatoms. The summed E-state index contributed by atoms with van der Waals surface area (Å²) in [6, 6.07) is 7.91. The van der Waals surface area contributed by atoms with Crippen molar-refractivity contribution in [1.82, 2.24) is 5.32 Å². The van der Waals surface area contributed by atoms with Crippen LogP contribution in [-0.2, 0) is 0 Å². The Labute approximate surface area is 108 Å². The third-order valence-electron chi connectivity index (χ3n) is 3.07. The van der Waals surface area contributed by atoms with Crippen LogP contribution in [0.3, 0.4) is 0 Å². The van der Waals surface area contributed by atoms with Gasteiger partial charge in [0.1, 0.15) is 0 Å². The number of carbonyl (C=O) groups excluding carboxylic acids is 1. The number of carbonyl (C=O) groups is 1. The molecule has 0 heterocycles. The average molecular weight is 244 g/mol. The van der Waals surface area contributed by atoms with Gasteiger partial charge in [0.05, 0.1) is 0 Å². The molecule has 0 bridgehead atoms. The van der Waals surface area contributed by atoms with E-state index in [1.165, 1.54) is 12.8 Å². The zero-order valence-electron chi connectivity index (χ0n) is 11.0. The molecule has 0 spiro atoms. The van der Waals surface area contributed by atoms with Crippen molar-refractivity contribution in [2.75, 3.05) is 11.4 Å². The van der Waals surface area contributed by atoms with Crippen LogP contribution in [0, 0.1) is 12.8 Å². The zero-order chi connectivity index (χ0) is 13.0. The third kappa shape index (κ3) is 3.36. The molecule has 1 aromatic carbocycles. The van der Waals surface area contributed by atoms with Gasteiger partial charge in [0.15, 0.2) is 0 Å². The maximum absolute atomic E-state index is 12.1. The summed E-state index contributed by atoms with van der Waals surface area (Å²) in [7, 11) is 0. The molecule has 1 aliphatic carbocycles. The molecule has 18 heavy (non-hydrogen) atoms. The van der Waals surface area contributed by atoms with Gasteiger partial charge in [0.2, 0.25) is 0 Å². The van der Waals surface area contributed by atoms with Gasteiger partial charge in [-0.3, -0.25) is 4.90 Å². The van der Waals surface area contributed by atoms with E-state index in [-0.39, 0.29) is 6.03 Å². The molecular weight excluding hydrogens is 224 g/mol. The Kier molecular flexibility index (Phi) is 4.03. The Balaban J connectivity index is 2.00. The summed E-state index contributed by atoms with van der Waals surface area (Å²) in [6.45, 7) is 4.67. The lowest BCUT2D eigenvalue weighted by Gasteiger charge is -2.20. The number of benzene rings is 1. The summed E-state index contributed by atoms with van der Waals surface area (Å²) in [6.07, 6.45) is 6.35. The van der Waals surface area contributed by atoms with E-state index < -0.39 is 0 Å². The van der Waals surface area contributed by atoms with E-state index in [2.05, 4.69) is 11.4 Å². The smallest absolute Gasteiger partial charge is 0.315 e. The quantitative estimate of drug-likeness (QED) is 0.864. The number of allylic oxidation sites excluding steroid dienone is 1. The summed E-state index contributed by atoms with van der Waals surface area (Å²) >= 11 is 0. The molecule has 1 saturated carbocycles. The van der Waals surface area contributed by atoms with E-state index in [0.29, 0.717) is 12.5 Å². The number of hydrogen-bond acceptors (Lipinski definition) is 1. The molecule has 0 saturated heterocycles. The molecule has 0 aromatic heterocycles. The summed E-state index contributed by atoms with van der Waals surface area (Å²) in [5.41, 5.74) is 2.10. The maximum atomic E-state index is 12.1. The molecule has 96 valence electrons. The molecule has 1 N–H and O–H groups in total. The normalized spacial score (nSPS) is 14.8. The van der Waals surface area contributed by atoms with E-state index in [0.717, 1.165) is 11.3 Å². The summed E-state index contributed by atoms with van der Waals surface area (Å²) in [5.74, 6) is 0.680. The van der Waals surface area contributed by atoms with Crippen molar-refractivity contribution in [1.29, 1.82) is 0 Å². The van der Waals surface area contributed by atoms with Crippen molar-refractivity contribution in [2.24, 2.45) is 5.92 Å². The van der Waals surface area contributed by atoms with Gasteiger partial charge in [-0.2, -0.15) is 0 Å².